The van der Waals surface area contributed by atoms with Gasteiger partial charge in [0.05, 0.1) is 18.4 Å². The summed E-state index contributed by atoms with van der Waals surface area (Å²) < 4.78 is 10.1. The lowest BCUT2D eigenvalue weighted by atomic mass is 10.1. The molecule has 0 radical (unpaired) electrons. The first-order valence-corrected chi connectivity index (χ1v) is 9.47. The number of aryl methyl sites for hydroxylation is 2. The van der Waals surface area contributed by atoms with E-state index in [4.69, 9.17) is 9.26 Å². The molecule has 0 saturated heterocycles. The molecular formula is C22H20N4O4. The van der Waals surface area contributed by atoms with Crippen LogP contribution in [0.4, 0.5) is 5.69 Å². The number of carbonyl (C=O) groups is 2. The van der Waals surface area contributed by atoms with Gasteiger partial charge in [0.1, 0.15) is 5.71 Å². The van der Waals surface area contributed by atoms with Crippen LogP contribution in [0, 0.1) is 13.8 Å². The molecule has 152 valence electrons. The number of carbonyl (C=O) groups excluding carboxylic acids is 2. The number of anilines is 1. The molecule has 2 heterocycles. The van der Waals surface area contributed by atoms with Gasteiger partial charge in [-0.2, -0.15) is 10.1 Å². The monoisotopic (exact) mass is 404 g/mol. The number of hydrazone groups is 1. The molecule has 8 heteroatoms. The van der Waals surface area contributed by atoms with Gasteiger partial charge in [0.25, 0.3) is 5.89 Å². The highest BCUT2D eigenvalue weighted by molar-refractivity contribution is 6.07. The van der Waals surface area contributed by atoms with Crippen molar-refractivity contribution in [2.75, 3.05) is 12.1 Å². The van der Waals surface area contributed by atoms with Gasteiger partial charge in [-0.3, -0.25) is 4.79 Å². The Morgan fingerprint density at radius 3 is 2.60 bits per heavy atom. The van der Waals surface area contributed by atoms with Crippen molar-refractivity contribution in [3.63, 3.8) is 0 Å². The molecule has 0 bridgehead atoms. The largest absolute Gasteiger partial charge is 0.465 e. The van der Waals surface area contributed by atoms with E-state index < -0.39 is 5.97 Å². The lowest BCUT2D eigenvalue weighted by Gasteiger charge is -2.24. The van der Waals surface area contributed by atoms with E-state index in [9.17, 15) is 9.59 Å². The molecule has 30 heavy (non-hydrogen) atoms. The molecule has 1 amide bonds. The van der Waals surface area contributed by atoms with E-state index in [0.717, 1.165) is 16.8 Å². The molecule has 0 spiro atoms. The normalized spacial score (nSPS) is 13.9. The maximum atomic E-state index is 12.5. The highest BCUT2D eigenvalue weighted by Crippen LogP contribution is 2.27. The summed E-state index contributed by atoms with van der Waals surface area (Å²) in [5, 5.41) is 9.93. The minimum Gasteiger partial charge on any atom is -0.465 e. The van der Waals surface area contributed by atoms with Crippen LogP contribution in [0.2, 0.25) is 0 Å². The van der Waals surface area contributed by atoms with Crippen molar-refractivity contribution < 1.29 is 18.8 Å². The van der Waals surface area contributed by atoms with Crippen molar-refractivity contribution in [2.24, 2.45) is 5.10 Å². The number of benzene rings is 2. The van der Waals surface area contributed by atoms with E-state index in [1.807, 2.05) is 32.0 Å². The van der Waals surface area contributed by atoms with Crippen molar-refractivity contribution in [2.45, 2.75) is 26.7 Å². The molecule has 1 aromatic heterocycles. The van der Waals surface area contributed by atoms with E-state index in [2.05, 4.69) is 15.2 Å². The van der Waals surface area contributed by atoms with Crippen LogP contribution in [-0.4, -0.2) is 34.8 Å². The SMILES string of the molecule is COC(=O)c1ccc(-c2noc(C3=NN(c4cc(C)ccc4C)C(=O)CC3)n2)cc1. The Balaban J connectivity index is 1.63. The highest BCUT2D eigenvalue weighted by atomic mass is 16.5. The van der Waals surface area contributed by atoms with Crippen molar-refractivity contribution in [1.29, 1.82) is 0 Å². The van der Waals surface area contributed by atoms with Gasteiger partial charge in [-0.15, -0.1) is 0 Å². The zero-order chi connectivity index (χ0) is 21.3. The summed E-state index contributed by atoms with van der Waals surface area (Å²) in [4.78, 5) is 28.5. The first-order valence-electron chi connectivity index (χ1n) is 9.47. The molecule has 1 aliphatic rings. The average molecular weight is 404 g/mol. The van der Waals surface area contributed by atoms with Crippen LogP contribution in [0.3, 0.4) is 0 Å². The third-order valence-electron chi connectivity index (χ3n) is 4.86. The summed E-state index contributed by atoms with van der Waals surface area (Å²) in [6.07, 6.45) is 0.723. The second-order valence-electron chi connectivity index (χ2n) is 7.03. The van der Waals surface area contributed by atoms with Crippen LogP contribution in [0.1, 0.15) is 40.2 Å². The zero-order valence-corrected chi connectivity index (χ0v) is 16.9. The van der Waals surface area contributed by atoms with E-state index in [-0.39, 0.29) is 11.8 Å². The van der Waals surface area contributed by atoms with Gasteiger partial charge in [0.15, 0.2) is 0 Å². The Morgan fingerprint density at radius 2 is 1.87 bits per heavy atom. The summed E-state index contributed by atoms with van der Waals surface area (Å²) in [6, 6.07) is 12.6. The Kier molecular flexibility index (Phi) is 5.14. The van der Waals surface area contributed by atoms with Crippen LogP contribution in [0.25, 0.3) is 11.4 Å². The summed E-state index contributed by atoms with van der Waals surface area (Å²) >= 11 is 0. The number of hydrogen-bond acceptors (Lipinski definition) is 7. The van der Waals surface area contributed by atoms with Crippen molar-refractivity contribution in [1.82, 2.24) is 10.1 Å². The van der Waals surface area contributed by atoms with Gasteiger partial charge in [-0.05, 0) is 43.2 Å². The predicted molar refractivity (Wildman–Crippen MR) is 110 cm³/mol. The Labute approximate surface area is 173 Å². The molecule has 0 saturated carbocycles. The molecule has 0 fully saturated rings. The van der Waals surface area contributed by atoms with Crippen molar-refractivity contribution >= 4 is 23.3 Å². The summed E-state index contributed by atoms with van der Waals surface area (Å²) in [6.45, 7) is 3.91. The van der Waals surface area contributed by atoms with Crippen LogP contribution >= 0.6 is 0 Å². The summed E-state index contributed by atoms with van der Waals surface area (Å²) in [5.41, 5.74) is 4.42. The van der Waals surface area contributed by atoms with E-state index in [1.165, 1.54) is 12.1 Å². The van der Waals surface area contributed by atoms with Gasteiger partial charge >= 0.3 is 5.97 Å². The maximum absolute atomic E-state index is 12.5. The van der Waals surface area contributed by atoms with Crippen LogP contribution in [-0.2, 0) is 9.53 Å². The molecular weight excluding hydrogens is 384 g/mol. The lowest BCUT2D eigenvalue weighted by molar-refractivity contribution is -0.118. The second-order valence-corrected chi connectivity index (χ2v) is 7.03. The van der Waals surface area contributed by atoms with E-state index >= 15 is 0 Å². The molecule has 4 rings (SSSR count). The highest BCUT2D eigenvalue weighted by Gasteiger charge is 2.27. The van der Waals surface area contributed by atoms with Crippen molar-refractivity contribution in [3.05, 3.63) is 65.0 Å². The smallest absolute Gasteiger partial charge is 0.337 e. The Morgan fingerprint density at radius 1 is 1.10 bits per heavy atom. The second kappa shape index (κ2) is 7.90. The number of hydrogen-bond donors (Lipinski definition) is 0. The average Bonchev–Trinajstić information content (AvgIpc) is 3.26. The quantitative estimate of drug-likeness (QED) is 0.616. The molecule has 0 atom stereocenters. The van der Waals surface area contributed by atoms with Crippen molar-refractivity contribution in [3.8, 4) is 11.4 Å². The van der Waals surface area contributed by atoms with Gasteiger partial charge in [-0.1, -0.05) is 29.4 Å². The fraction of sp³-hybridized carbons (Fsp3) is 0.227. The standard InChI is InChI=1S/C22H20N4O4/c1-13-4-5-14(2)18(12-13)26-19(27)11-10-17(24-26)21-23-20(25-30-21)15-6-8-16(9-7-15)22(28)29-3/h4-9,12H,10-11H2,1-3H3. The fourth-order valence-electron chi connectivity index (χ4n) is 3.17. The number of methoxy groups -OCH3 is 1. The molecule has 2 aromatic carbocycles. The maximum Gasteiger partial charge on any atom is 0.337 e. The van der Waals surface area contributed by atoms with Crippen LogP contribution in [0.15, 0.2) is 52.1 Å². The van der Waals surface area contributed by atoms with Crippen LogP contribution < -0.4 is 5.01 Å². The zero-order valence-electron chi connectivity index (χ0n) is 16.9. The number of rotatable bonds is 4. The minimum atomic E-state index is -0.414. The third-order valence-corrected chi connectivity index (χ3v) is 4.86. The third kappa shape index (κ3) is 3.71. The van der Waals surface area contributed by atoms with Gasteiger partial charge in [-0.25, -0.2) is 9.80 Å². The molecule has 1 aliphatic heterocycles. The minimum absolute atomic E-state index is 0.0782. The molecule has 3 aromatic rings. The predicted octanol–water partition coefficient (Wildman–Crippen LogP) is 3.67. The number of esters is 1. The fourth-order valence-corrected chi connectivity index (χ4v) is 3.17. The number of nitrogens with zero attached hydrogens (tertiary/aromatic N) is 4. The summed E-state index contributed by atoms with van der Waals surface area (Å²) in [5.74, 6) is 0.151. The van der Waals surface area contributed by atoms with Gasteiger partial charge < -0.3 is 9.26 Å². The van der Waals surface area contributed by atoms with Crippen LogP contribution in [0.5, 0.6) is 0 Å². The lowest BCUT2D eigenvalue weighted by Crippen LogP contribution is -2.32. The molecule has 0 N–H and O–H groups in total. The van der Waals surface area contributed by atoms with Gasteiger partial charge in [0.2, 0.25) is 11.7 Å². The summed E-state index contributed by atoms with van der Waals surface area (Å²) in [7, 11) is 1.33. The first-order chi connectivity index (χ1) is 14.5. The first kappa shape index (κ1) is 19.5. The Bertz CT molecular complexity index is 1150. The Hall–Kier alpha value is -3.81. The number of amides is 1. The molecule has 8 nitrogen and oxygen atoms in total. The number of aromatic nitrogens is 2. The topological polar surface area (TPSA) is 97.9 Å². The number of ether oxygens (including phenoxy) is 1. The van der Waals surface area contributed by atoms with E-state index in [0.29, 0.717) is 35.5 Å². The molecule has 0 aliphatic carbocycles. The van der Waals surface area contributed by atoms with Gasteiger partial charge in [0, 0.05) is 18.4 Å². The van der Waals surface area contributed by atoms with E-state index in [1.54, 1.807) is 24.3 Å². The molecule has 0 unspecified atom stereocenters.